The highest BCUT2D eigenvalue weighted by atomic mass is 16.3. The summed E-state index contributed by atoms with van der Waals surface area (Å²) in [6, 6.07) is 0. The summed E-state index contributed by atoms with van der Waals surface area (Å²) >= 11 is 0. The summed E-state index contributed by atoms with van der Waals surface area (Å²) in [5.74, 6) is -1.53. The van der Waals surface area contributed by atoms with Crippen LogP contribution >= 0.6 is 0 Å². The van der Waals surface area contributed by atoms with Crippen LogP contribution in [0.4, 0.5) is 0 Å². The molecule has 1 heterocycles. The molecule has 0 spiro atoms. The minimum Gasteiger partial charge on any atom is -0.511 e. The molecule has 1 aliphatic heterocycles. The second-order valence-electron chi connectivity index (χ2n) is 6.15. The number of likely N-dealkylation sites (tertiary alicyclic amines) is 1. The molecule has 0 aliphatic carbocycles. The normalized spacial score (nSPS) is 17.0. The number of hydrogen-bond acceptors (Lipinski definition) is 4. The van der Waals surface area contributed by atoms with Gasteiger partial charge in [0.2, 0.25) is 5.91 Å². The minimum absolute atomic E-state index is 0.155. The van der Waals surface area contributed by atoms with Crippen LogP contribution in [0, 0.1) is 0 Å². The summed E-state index contributed by atoms with van der Waals surface area (Å²) in [6.07, 6.45) is 8.26. The summed E-state index contributed by atoms with van der Waals surface area (Å²) < 4.78 is 0. The first-order chi connectivity index (χ1) is 11.0. The van der Waals surface area contributed by atoms with E-state index in [2.05, 4.69) is 13.8 Å². The van der Waals surface area contributed by atoms with Gasteiger partial charge < -0.3 is 5.11 Å². The molecule has 1 rings (SSSR count). The van der Waals surface area contributed by atoms with Gasteiger partial charge in [-0.1, -0.05) is 52.4 Å². The molecule has 5 nitrogen and oxygen atoms in total. The van der Waals surface area contributed by atoms with Crippen molar-refractivity contribution in [2.24, 2.45) is 0 Å². The van der Waals surface area contributed by atoms with E-state index in [9.17, 15) is 19.5 Å². The van der Waals surface area contributed by atoms with E-state index in [0.717, 1.165) is 56.3 Å². The minimum atomic E-state index is -0.622. The molecule has 0 saturated carbocycles. The van der Waals surface area contributed by atoms with Crippen LogP contribution in [0.5, 0.6) is 0 Å². The Labute approximate surface area is 138 Å². The van der Waals surface area contributed by atoms with Crippen molar-refractivity contribution in [2.75, 3.05) is 6.54 Å². The number of aliphatic hydroxyl groups excluding tert-OH is 1. The van der Waals surface area contributed by atoms with E-state index >= 15 is 0 Å². The summed E-state index contributed by atoms with van der Waals surface area (Å²) in [5.41, 5.74) is -0.177. The van der Waals surface area contributed by atoms with Crippen molar-refractivity contribution in [3.8, 4) is 0 Å². The number of unbranched alkanes of at least 4 members (excludes halogenated alkanes) is 6. The zero-order valence-electron chi connectivity index (χ0n) is 14.4. The van der Waals surface area contributed by atoms with Crippen LogP contribution in [0.3, 0.4) is 0 Å². The summed E-state index contributed by atoms with van der Waals surface area (Å²) in [6.45, 7) is 3.96. The van der Waals surface area contributed by atoms with Crippen LogP contribution in [0.15, 0.2) is 11.3 Å². The molecule has 0 atom stereocenters. The van der Waals surface area contributed by atoms with Crippen molar-refractivity contribution in [2.45, 2.75) is 78.1 Å². The van der Waals surface area contributed by atoms with E-state index in [-0.39, 0.29) is 30.2 Å². The van der Waals surface area contributed by atoms with E-state index in [1.165, 1.54) is 0 Å². The highest BCUT2D eigenvalue weighted by Crippen LogP contribution is 2.21. The van der Waals surface area contributed by atoms with Gasteiger partial charge in [0.05, 0.1) is 6.54 Å². The van der Waals surface area contributed by atoms with Gasteiger partial charge in [-0.05, 0) is 12.8 Å². The Morgan fingerprint density at radius 3 is 2.09 bits per heavy atom. The molecular weight excluding hydrogens is 294 g/mol. The first-order valence-corrected chi connectivity index (χ1v) is 8.82. The lowest BCUT2D eigenvalue weighted by atomic mass is 10.1. The van der Waals surface area contributed by atoms with Crippen LogP contribution in [-0.4, -0.2) is 34.1 Å². The van der Waals surface area contributed by atoms with E-state index in [0.29, 0.717) is 6.42 Å². The maximum absolute atomic E-state index is 12.2. The van der Waals surface area contributed by atoms with Crippen molar-refractivity contribution in [3.63, 3.8) is 0 Å². The van der Waals surface area contributed by atoms with Gasteiger partial charge in [0, 0.05) is 12.8 Å². The third kappa shape index (κ3) is 5.81. The van der Waals surface area contributed by atoms with Crippen LogP contribution in [0.1, 0.15) is 78.1 Å². The first-order valence-electron chi connectivity index (χ1n) is 8.82. The summed E-state index contributed by atoms with van der Waals surface area (Å²) in [4.78, 5) is 37.3. The van der Waals surface area contributed by atoms with Crippen LogP contribution in [0.2, 0.25) is 0 Å². The second-order valence-corrected chi connectivity index (χ2v) is 6.15. The Hall–Kier alpha value is -1.65. The summed E-state index contributed by atoms with van der Waals surface area (Å²) in [5, 5.41) is 10.0. The summed E-state index contributed by atoms with van der Waals surface area (Å²) in [7, 11) is 0. The maximum Gasteiger partial charge on any atom is 0.268 e. The largest absolute Gasteiger partial charge is 0.511 e. The topological polar surface area (TPSA) is 74.7 Å². The fraction of sp³-hybridized carbons (Fsp3) is 0.722. The average molecular weight is 323 g/mol. The quantitative estimate of drug-likeness (QED) is 0.288. The van der Waals surface area contributed by atoms with Gasteiger partial charge in [-0.3, -0.25) is 19.3 Å². The monoisotopic (exact) mass is 323 g/mol. The molecule has 0 radical (unpaired) electrons. The number of hydrogen-bond donors (Lipinski definition) is 1. The van der Waals surface area contributed by atoms with Crippen molar-refractivity contribution in [1.82, 2.24) is 4.90 Å². The lowest BCUT2D eigenvalue weighted by Gasteiger charge is -2.12. The van der Waals surface area contributed by atoms with Crippen molar-refractivity contribution in [1.29, 1.82) is 0 Å². The Morgan fingerprint density at radius 1 is 0.957 bits per heavy atom. The maximum atomic E-state index is 12.2. The predicted molar refractivity (Wildman–Crippen MR) is 88.9 cm³/mol. The van der Waals surface area contributed by atoms with Gasteiger partial charge in [-0.15, -0.1) is 0 Å². The first kappa shape index (κ1) is 19.4. The lowest BCUT2D eigenvalue weighted by molar-refractivity contribution is -0.141. The predicted octanol–water partition coefficient (Wildman–Crippen LogP) is 3.68. The van der Waals surface area contributed by atoms with Crippen LogP contribution < -0.4 is 0 Å². The Kier molecular flexibility index (Phi) is 8.59. The van der Waals surface area contributed by atoms with Crippen molar-refractivity contribution >= 4 is 17.6 Å². The number of rotatable bonds is 10. The molecule has 0 aromatic heterocycles. The second kappa shape index (κ2) is 10.2. The number of ketones is 1. The van der Waals surface area contributed by atoms with Crippen molar-refractivity contribution in [3.05, 3.63) is 11.3 Å². The lowest BCUT2D eigenvalue weighted by Crippen LogP contribution is -2.32. The number of carbonyl (C=O) groups excluding carboxylic acids is 3. The van der Waals surface area contributed by atoms with E-state index in [1.54, 1.807) is 0 Å². The molecule has 1 saturated heterocycles. The third-order valence-electron chi connectivity index (χ3n) is 4.14. The standard InChI is InChI=1S/C18H29NO4/c1-3-5-7-9-11-14(20)17-15(21)13-19(18(17)23)16(22)12-10-8-6-4-2/h20H,3-13H2,1-2H3/b17-14-. The van der Waals surface area contributed by atoms with Gasteiger partial charge in [0.25, 0.3) is 5.91 Å². The van der Waals surface area contributed by atoms with Gasteiger partial charge in [-0.2, -0.15) is 0 Å². The number of allylic oxidation sites excluding steroid dienone is 1. The molecule has 5 heteroatoms. The number of amides is 2. The average Bonchev–Trinajstić information content (AvgIpc) is 2.82. The van der Waals surface area contributed by atoms with E-state index in [4.69, 9.17) is 0 Å². The molecule has 1 N–H and O–H groups in total. The van der Waals surface area contributed by atoms with Crippen LogP contribution in [-0.2, 0) is 14.4 Å². The number of nitrogens with zero attached hydrogens (tertiary/aromatic N) is 1. The van der Waals surface area contributed by atoms with Gasteiger partial charge >= 0.3 is 0 Å². The molecule has 1 aliphatic rings. The number of carbonyl (C=O) groups is 3. The zero-order chi connectivity index (χ0) is 17.2. The fourth-order valence-electron chi connectivity index (χ4n) is 2.72. The number of Topliss-reactive ketones (excluding diaryl/α,β-unsaturated/α-hetero) is 1. The molecule has 23 heavy (non-hydrogen) atoms. The Balaban J connectivity index is 2.59. The third-order valence-corrected chi connectivity index (χ3v) is 4.14. The van der Waals surface area contributed by atoms with E-state index < -0.39 is 11.7 Å². The molecule has 0 aromatic carbocycles. The van der Waals surface area contributed by atoms with Crippen molar-refractivity contribution < 1.29 is 19.5 Å². The Morgan fingerprint density at radius 2 is 1.52 bits per heavy atom. The van der Waals surface area contributed by atoms with Gasteiger partial charge in [-0.25, -0.2) is 0 Å². The molecule has 0 bridgehead atoms. The van der Waals surface area contributed by atoms with Crippen LogP contribution in [0.25, 0.3) is 0 Å². The molecular formula is C18H29NO4. The van der Waals surface area contributed by atoms with E-state index in [1.807, 2.05) is 0 Å². The molecule has 130 valence electrons. The zero-order valence-corrected chi connectivity index (χ0v) is 14.4. The number of imide groups is 1. The molecule has 2 amide bonds. The highest BCUT2D eigenvalue weighted by Gasteiger charge is 2.39. The smallest absolute Gasteiger partial charge is 0.268 e. The fourth-order valence-corrected chi connectivity index (χ4v) is 2.72. The Bertz CT molecular complexity index is 468. The number of aliphatic hydroxyl groups is 1. The highest BCUT2D eigenvalue weighted by molar-refractivity contribution is 6.29. The molecule has 0 unspecified atom stereocenters. The molecule has 0 aromatic rings. The van der Waals surface area contributed by atoms with Gasteiger partial charge in [0.1, 0.15) is 11.3 Å². The SMILES string of the molecule is CCCCCCC(=O)N1CC(=O)/C(=C(/O)CCCCCC)C1=O. The van der Waals surface area contributed by atoms with Gasteiger partial charge in [0.15, 0.2) is 5.78 Å². The molecule has 1 fully saturated rings.